The van der Waals surface area contributed by atoms with Crippen LogP contribution in [0.2, 0.25) is 0 Å². The number of halogens is 1. The highest BCUT2D eigenvalue weighted by molar-refractivity contribution is 6.29. The van der Waals surface area contributed by atoms with Gasteiger partial charge in [-0.25, -0.2) is 0 Å². The van der Waals surface area contributed by atoms with Gasteiger partial charge < -0.3 is 10.1 Å². The highest BCUT2D eigenvalue weighted by Gasteiger charge is 2.26. The van der Waals surface area contributed by atoms with Gasteiger partial charge in [-0.1, -0.05) is 6.07 Å². The summed E-state index contributed by atoms with van der Waals surface area (Å²) in [7, 11) is 0. The summed E-state index contributed by atoms with van der Waals surface area (Å²) in [5.74, 6) is 0.610. The average Bonchev–Trinajstić information content (AvgIpc) is 2.27. The predicted octanol–water partition coefficient (Wildman–Crippen LogP) is 2.97. The van der Waals surface area contributed by atoms with Crippen LogP contribution in [0.3, 0.4) is 0 Å². The van der Waals surface area contributed by atoms with Crippen LogP contribution in [0, 0.1) is 0 Å². The maximum absolute atomic E-state index is 11.2. The number of nitrogens with one attached hydrogen (secondary N) is 1. The molecule has 0 spiro atoms. The molecule has 0 bridgehead atoms. The number of hydrogen-bond acceptors (Lipinski definition) is 2. The van der Waals surface area contributed by atoms with E-state index in [9.17, 15) is 4.79 Å². The summed E-state index contributed by atoms with van der Waals surface area (Å²) < 4.78 is 5.89. The van der Waals surface area contributed by atoms with E-state index in [2.05, 4.69) is 19.2 Å². The summed E-state index contributed by atoms with van der Waals surface area (Å²) in [5, 5.41) is 2.72. The Balaban J connectivity index is 2.21. The van der Waals surface area contributed by atoms with Crippen molar-refractivity contribution in [1.82, 2.24) is 0 Å². The van der Waals surface area contributed by atoms with Crippen molar-refractivity contribution in [3.63, 3.8) is 0 Å². The zero-order chi connectivity index (χ0) is 12.5. The van der Waals surface area contributed by atoms with Gasteiger partial charge in [-0.15, -0.1) is 11.6 Å². The van der Waals surface area contributed by atoms with Gasteiger partial charge in [-0.2, -0.15) is 0 Å². The Kier molecular flexibility index (Phi) is 3.29. The number of amides is 1. The molecule has 0 saturated carbocycles. The molecule has 1 aromatic rings. The van der Waals surface area contributed by atoms with E-state index in [1.807, 2.05) is 18.2 Å². The zero-order valence-electron chi connectivity index (χ0n) is 10.0. The lowest BCUT2D eigenvalue weighted by Crippen LogP contribution is -2.32. The molecule has 1 aliphatic heterocycles. The van der Waals surface area contributed by atoms with Crippen LogP contribution in [0.5, 0.6) is 5.75 Å². The molecule has 0 radical (unpaired) electrons. The minimum Gasteiger partial charge on any atom is -0.487 e. The van der Waals surface area contributed by atoms with Crippen LogP contribution in [0.25, 0.3) is 0 Å². The first-order chi connectivity index (χ1) is 8.00. The standard InChI is InChI=1S/C13H16ClNO2/c1-13(2)6-5-9-3-4-10(7-11(9)17-13)15-12(16)8-14/h3-4,7H,5-6,8H2,1-2H3,(H,15,16). The molecule has 1 aliphatic rings. The molecule has 0 unspecified atom stereocenters. The molecule has 4 heteroatoms. The number of carbonyl (C=O) groups excluding carboxylic acids is 1. The maximum Gasteiger partial charge on any atom is 0.239 e. The molecule has 1 aromatic carbocycles. The van der Waals surface area contributed by atoms with Crippen molar-refractivity contribution in [3.8, 4) is 5.75 Å². The second-order valence-corrected chi connectivity index (χ2v) is 5.13. The number of carbonyl (C=O) groups is 1. The minimum atomic E-state index is -0.207. The van der Waals surface area contributed by atoms with Crippen molar-refractivity contribution >= 4 is 23.2 Å². The number of hydrogen-bond donors (Lipinski definition) is 1. The van der Waals surface area contributed by atoms with Crippen molar-refractivity contribution in [2.75, 3.05) is 11.2 Å². The van der Waals surface area contributed by atoms with Crippen LogP contribution >= 0.6 is 11.6 Å². The van der Waals surface area contributed by atoms with Gasteiger partial charge in [-0.3, -0.25) is 4.79 Å². The van der Waals surface area contributed by atoms with Crippen molar-refractivity contribution in [1.29, 1.82) is 0 Å². The number of fused-ring (bicyclic) bond motifs is 1. The van der Waals surface area contributed by atoms with Crippen LogP contribution in [-0.4, -0.2) is 17.4 Å². The Morgan fingerprint density at radius 2 is 2.29 bits per heavy atom. The normalized spacial score (nSPS) is 16.9. The van der Waals surface area contributed by atoms with Crippen molar-refractivity contribution in [2.45, 2.75) is 32.3 Å². The second-order valence-electron chi connectivity index (χ2n) is 4.87. The van der Waals surface area contributed by atoms with Crippen molar-refractivity contribution in [3.05, 3.63) is 23.8 Å². The van der Waals surface area contributed by atoms with E-state index in [4.69, 9.17) is 16.3 Å². The molecule has 0 aliphatic carbocycles. The van der Waals surface area contributed by atoms with Crippen LogP contribution in [-0.2, 0) is 11.2 Å². The van der Waals surface area contributed by atoms with Crippen LogP contribution in [0.1, 0.15) is 25.8 Å². The minimum absolute atomic E-state index is 0.0383. The van der Waals surface area contributed by atoms with Gasteiger partial charge in [0.05, 0.1) is 0 Å². The van der Waals surface area contributed by atoms with E-state index in [1.165, 1.54) is 5.56 Å². The summed E-state index contributed by atoms with van der Waals surface area (Å²) >= 11 is 5.45. The van der Waals surface area contributed by atoms with E-state index in [-0.39, 0.29) is 17.4 Å². The van der Waals surface area contributed by atoms with Crippen LogP contribution in [0.15, 0.2) is 18.2 Å². The molecule has 2 rings (SSSR count). The summed E-state index contributed by atoms with van der Waals surface area (Å²) in [6.45, 7) is 4.14. The van der Waals surface area contributed by atoms with E-state index < -0.39 is 0 Å². The van der Waals surface area contributed by atoms with Gasteiger partial charge in [0, 0.05) is 11.8 Å². The largest absolute Gasteiger partial charge is 0.487 e. The zero-order valence-corrected chi connectivity index (χ0v) is 10.8. The summed E-state index contributed by atoms with van der Waals surface area (Å²) in [6.07, 6.45) is 2.01. The molecule has 0 saturated heterocycles. The fourth-order valence-corrected chi connectivity index (χ4v) is 1.98. The Morgan fingerprint density at radius 3 is 3.00 bits per heavy atom. The Hall–Kier alpha value is -1.22. The number of aryl methyl sites for hydroxylation is 1. The fraction of sp³-hybridized carbons (Fsp3) is 0.462. The molecular weight excluding hydrogens is 238 g/mol. The van der Waals surface area contributed by atoms with Gasteiger partial charge in [0.25, 0.3) is 0 Å². The molecule has 0 fully saturated rings. The molecule has 0 atom stereocenters. The Bertz CT molecular complexity index is 443. The van der Waals surface area contributed by atoms with Gasteiger partial charge >= 0.3 is 0 Å². The van der Waals surface area contributed by atoms with E-state index in [1.54, 1.807) is 0 Å². The van der Waals surface area contributed by atoms with Gasteiger partial charge in [0.15, 0.2) is 0 Å². The quantitative estimate of drug-likeness (QED) is 0.823. The van der Waals surface area contributed by atoms with Gasteiger partial charge in [0.1, 0.15) is 17.2 Å². The molecule has 1 N–H and O–H groups in total. The first kappa shape index (κ1) is 12.2. The lowest BCUT2D eigenvalue weighted by molar-refractivity contribution is -0.113. The Labute approximate surface area is 106 Å². The number of alkyl halides is 1. The summed E-state index contributed by atoms with van der Waals surface area (Å²) in [4.78, 5) is 11.2. The first-order valence-corrected chi connectivity index (χ1v) is 6.21. The molecule has 17 heavy (non-hydrogen) atoms. The summed E-state index contributed by atoms with van der Waals surface area (Å²) in [5.41, 5.74) is 1.78. The smallest absolute Gasteiger partial charge is 0.239 e. The lowest BCUT2D eigenvalue weighted by Gasteiger charge is -2.32. The highest BCUT2D eigenvalue weighted by atomic mass is 35.5. The van der Waals surface area contributed by atoms with Gasteiger partial charge in [-0.05, 0) is 38.3 Å². The number of rotatable bonds is 2. The monoisotopic (exact) mass is 253 g/mol. The van der Waals surface area contributed by atoms with Crippen LogP contribution in [0.4, 0.5) is 5.69 Å². The molecule has 92 valence electrons. The van der Waals surface area contributed by atoms with E-state index in [0.717, 1.165) is 24.3 Å². The lowest BCUT2D eigenvalue weighted by atomic mass is 9.94. The molecular formula is C13H16ClNO2. The van der Waals surface area contributed by atoms with E-state index >= 15 is 0 Å². The first-order valence-electron chi connectivity index (χ1n) is 5.68. The maximum atomic E-state index is 11.2. The SMILES string of the molecule is CC1(C)CCc2ccc(NC(=O)CCl)cc2O1. The summed E-state index contributed by atoms with van der Waals surface area (Å²) in [6, 6.07) is 5.74. The molecule has 3 nitrogen and oxygen atoms in total. The van der Waals surface area contributed by atoms with E-state index in [0.29, 0.717) is 0 Å². The number of anilines is 1. The molecule has 1 heterocycles. The molecule has 1 amide bonds. The van der Waals surface area contributed by atoms with Crippen LogP contribution < -0.4 is 10.1 Å². The second kappa shape index (κ2) is 4.57. The third-order valence-electron chi connectivity index (χ3n) is 2.85. The van der Waals surface area contributed by atoms with Crippen molar-refractivity contribution < 1.29 is 9.53 Å². The van der Waals surface area contributed by atoms with Crippen molar-refractivity contribution in [2.24, 2.45) is 0 Å². The third-order valence-corrected chi connectivity index (χ3v) is 3.10. The molecule has 0 aromatic heterocycles. The number of benzene rings is 1. The fourth-order valence-electron chi connectivity index (χ4n) is 1.91. The number of ether oxygens (including phenoxy) is 1. The third kappa shape index (κ3) is 2.91. The predicted molar refractivity (Wildman–Crippen MR) is 68.8 cm³/mol. The highest BCUT2D eigenvalue weighted by Crippen LogP contribution is 2.34. The average molecular weight is 254 g/mol. The topological polar surface area (TPSA) is 38.3 Å². The van der Waals surface area contributed by atoms with Gasteiger partial charge in [0.2, 0.25) is 5.91 Å². The Morgan fingerprint density at radius 1 is 1.53 bits per heavy atom.